The van der Waals surface area contributed by atoms with E-state index < -0.39 is 34.4 Å². The molecule has 82 valence electrons. The van der Waals surface area contributed by atoms with E-state index in [0.29, 0.717) is 0 Å². The lowest BCUT2D eigenvalue weighted by Crippen LogP contribution is -2.53. The molecule has 0 rings (SSSR count). The van der Waals surface area contributed by atoms with Crippen molar-refractivity contribution in [2.24, 2.45) is 11.5 Å². The fraction of sp³-hybridized carbons (Fsp3) is 0.500. The monoisotopic (exact) mass is 228 g/mol. The van der Waals surface area contributed by atoms with Crippen molar-refractivity contribution in [3.8, 4) is 0 Å². The Morgan fingerprint density at radius 1 is 1.43 bits per heavy atom. The van der Waals surface area contributed by atoms with Crippen LogP contribution in [-0.4, -0.2) is 35.7 Å². The van der Waals surface area contributed by atoms with Crippen molar-refractivity contribution in [3.63, 3.8) is 0 Å². The van der Waals surface area contributed by atoms with Gasteiger partial charge in [-0.2, -0.15) is 8.42 Å². The Balaban J connectivity index is 4.92. The zero-order chi connectivity index (χ0) is 11.6. The van der Waals surface area contributed by atoms with Gasteiger partial charge in [-0.05, 0) is 0 Å². The van der Waals surface area contributed by atoms with Gasteiger partial charge in [0.15, 0.2) is 0 Å². The Kier molecular flexibility index (Phi) is 3.53. The van der Waals surface area contributed by atoms with Gasteiger partial charge in [0.05, 0.1) is 6.42 Å². The number of rotatable bonds is 5. The second kappa shape index (κ2) is 3.88. The molecule has 1 atom stereocenters. The third-order valence-electron chi connectivity index (χ3n) is 1.05. The maximum atomic E-state index is 10.4. The van der Waals surface area contributed by atoms with E-state index in [1.807, 2.05) is 0 Å². The fourth-order valence-electron chi connectivity index (χ4n) is 0.587. The van der Waals surface area contributed by atoms with Crippen LogP contribution >= 0.6 is 0 Å². The molecule has 0 heterocycles. The highest BCUT2D eigenvalue weighted by Gasteiger charge is 2.41. The lowest BCUT2D eigenvalue weighted by Gasteiger charge is -2.20. The van der Waals surface area contributed by atoms with Crippen molar-refractivity contribution in [2.75, 3.05) is 0 Å². The van der Waals surface area contributed by atoms with Crippen molar-refractivity contribution in [1.82, 2.24) is 0 Å². The van der Waals surface area contributed by atoms with Crippen LogP contribution in [0.2, 0.25) is 0 Å². The first-order chi connectivity index (χ1) is 6.07. The highest BCUT2D eigenvalue weighted by Crippen LogP contribution is 2.11. The van der Waals surface area contributed by atoms with Crippen molar-refractivity contribution in [3.05, 3.63) is 0 Å². The quantitative estimate of drug-likeness (QED) is 0.293. The minimum Gasteiger partial charge on any atom is -0.478 e. The van der Waals surface area contributed by atoms with Gasteiger partial charge in [-0.1, -0.05) is 0 Å². The third-order valence-corrected chi connectivity index (χ3v) is 1.56. The van der Waals surface area contributed by atoms with E-state index in [1.165, 1.54) is 0 Å². The molecule has 0 aliphatic heterocycles. The Morgan fingerprint density at radius 3 is 2.07 bits per heavy atom. The standard InChI is InChI=1S/C4H8N2O7S/c5-2(7)1-4(6,3(8)9)13-14(10,11)12/h1,6H2,(H2,5,7)(H,8,9)(H,10,11,12)/t4-/m0/s1. The summed E-state index contributed by atoms with van der Waals surface area (Å²) < 4.78 is 32.1. The number of amides is 1. The maximum absolute atomic E-state index is 10.4. The Hall–Kier alpha value is -1.23. The molecule has 0 aliphatic rings. The summed E-state index contributed by atoms with van der Waals surface area (Å²) in [6.45, 7) is 0. The molecule has 6 N–H and O–H groups in total. The van der Waals surface area contributed by atoms with Crippen LogP contribution < -0.4 is 11.5 Å². The highest BCUT2D eigenvalue weighted by molar-refractivity contribution is 7.81. The number of carbonyl (C=O) groups is 2. The highest BCUT2D eigenvalue weighted by atomic mass is 32.3. The van der Waals surface area contributed by atoms with Crippen molar-refractivity contribution < 1.29 is 31.8 Å². The summed E-state index contributed by atoms with van der Waals surface area (Å²) in [4.78, 5) is 20.7. The predicted molar refractivity (Wildman–Crippen MR) is 41.0 cm³/mol. The van der Waals surface area contributed by atoms with Gasteiger partial charge in [-0.3, -0.25) is 15.1 Å². The molecule has 0 fully saturated rings. The van der Waals surface area contributed by atoms with E-state index in [1.54, 1.807) is 0 Å². The predicted octanol–water partition coefficient (Wildman–Crippen LogP) is -2.58. The topological polar surface area (TPSA) is 170 Å². The van der Waals surface area contributed by atoms with Gasteiger partial charge in [0.2, 0.25) is 11.6 Å². The van der Waals surface area contributed by atoms with E-state index in [2.05, 4.69) is 9.92 Å². The van der Waals surface area contributed by atoms with Gasteiger partial charge in [0.25, 0.3) is 0 Å². The number of carbonyl (C=O) groups excluding carboxylic acids is 1. The molecule has 0 saturated heterocycles. The van der Waals surface area contributed by atoms with Crippen molar-refractivity contribution >= 4 is 22.3 Å². The van der Waals surface area contributed by atoms with Crippen LogP contribution in [0.25, 0.3) is 0 Å². The molecule has 0 aromatic rings. The number of aliphatic carboxylic acids is 1. The maximum Gasteiger partial charge on any atom is 0.399 e. The number of carboxylic acids is 1. The van der Waals surface area contributed by atoms with E-state index in [-0.39, 0.29) is 0 Å². The molecule has 0 aromatic heterocycles. The number of primary amides is 1. The van der Waals surface area contributed by atoms with Gasteiger partial charge in [0, 0.05) is 0 Å². The molecule has 0 unspecified atom stereocenters. The van der Waals surface area contributed by atoms with Crippen LogP contribution in [0.1, 0.15) is 6.42 Å². The normalized spacial score (nSPS) is 15.9. The fourth-order valence-corrected chi connectivity index (χ4v) is 1.09. The number of hydrogen-bond acceptors (Lipinski definition) is 6. The van der Waals surface area contributed by atoms with E-state index >= 15 is 0 Å². The van der Waals surface area contributed by atoms with Crippen LogP contribution in [0.5, 0.6) is 0 Å². The molecule has 9 nitrogen and oxygen atoms in total. The molecule has 14 heavy (non-hydrogen) atoms. The third kappa shape index (κ3) is 4.13. The van der Waals surface area contributed by atoms with Gasteiger partial charge in [0.1, 0.15) is 0 Å². The van der Waals surface area contributed by atoms with Gasteiger partial charge < -0.3 is 10.8 Å². The average molecular weight is 228 g/mol. The summed E-state index contributed by atoms with van der Waals surface area (Å²) in [5.41, 5.74) is 6.57. The Bertz CT molecular complexity index is 349. The summed E-state index contributed by atoms with van der Waals surface area (Å²) in [6.07, 6.45) is -1.10. The van der Waals surface area contributed by atoms with Gasteiger partial charge in [-0.25, -0.2) is 8.98 Å². The smallest absolute Gasteiger partial charge is 0.399 e. The first-order valence-corrected chi connectivity index (χ1v) is 4.42. The lowest BCUT2D eigenvalue weighted by atomic mass is 10.1. The molecular weight excluding hydrogens is 220 g/mol. The molecule has 0 aromatic carbocycles. The molecule has 0 saturated carbocycles. The molecule has 0 radical (unpaired) electrons. The minimum absolute atomic E-state index is 1.10. The second-order valence-corrected chi connectivity index (χ2v) is 3.37. The van der Waals surface area contributed by atoms with Crippen LogP contribution in [-0.2, 0) is 24.2 Å². The largest absolute Gasteiger partial charge is 0.478 e. The Labute approximate surface area is 78.6 Å². The summed E-state index contributed by atoms with van der Waals surface area (Å²) >= 11 is 0. The van der Waals surface area contributed by atoms with Crippen molar-refractivity contribution in [1.29, 1.82) is 0 Å². The molecular formula is C4H8N2O7S. The SMILES string of the molecule is NC(=O)C[C@](N)(OS(=O)(=O)O)C(=O)O. The first-order valence-electron chi connectivity index (χ1n) is 3.05. The van der Waals surface area contributed by atoms with E-state index in [4.69, 9.17) is 15.4 Å². The Morgan fingerprint density at radius 2 is 1.86 bits per heavy atom. The van der Waals surface area contributed by atoms with Crippen LogP contribution in [0.15, 0.2) is 0 Å². The second-order valence-electron chi connectivity index (χ2n) is 2.35. The van der Waals surface area contributed by atoms with Crippen LogP contribution in [0, 0.1) is 0 Å². The zero-order valence-corrected chi connectivity index (χ0v) is 7.52. The first kappa shape index (κ1) is 12.8. The molecule has 0 spiro atoms. The summed E-state index contributed by atoms with van der Waals surface area (Å²) in [5.74, 6) is -3.15. The van der Waals surface area contributed by atoms with Gasteiger partial charge in [-0.15, -0.1) is 0 Å². The van der Waals surface area contributed by atoms with Crippen molar-refractivity contribution in [2.45, 2.75) is 12.1 Å². The zero-order valence-electron chi connectivity index (χ0n) is 6.71. The summed E-state index contributed by atoms with van der Waals surface area (Å²) in [5, 5.41) is 8.41. The lowest BCUT2D eigenvalue weighted by molar-refractivity contribution is -0.157. The summed E-state index contributed by atoms with van der Waals surface area (Å²) in [7, 11) is -5.09. The average Bonchev–Trinajstić information content (AvgIpc) is 1.79. The molecule has 0 aliphatic carbocycles. The van der Waals surface area contributed by atoms with E-state index in [9.17, 15) is 18.0 Å². The van der Waals surface area contributed by atoms with Gasteiger partial charge >= 0.3 is 16.4 Å². The number of hydrogen-bond donors (Lipinski definition) is 4. The molecule has 0 bridgehead atoms. The van der Waals surface area contributed by atoms with Crippen LogP contribution in [0.4, 0.5) is 0 Å². The minimum atomic E-state index is -5.09. The van der Waals surface area contributed by atoms with E-state index in [0.717, 1.165) is 0 Å². The summed E-state index contributed by atoms with van der Waals surface area (Å²) in [6, 6.07) is 0. The number of carboxylic acid groups (broad SMARTS) is 1. The molecule has 10 heteroatoms. The number of nitrogens with two attached hydrogens (primary N) is 2. The molecule has 1 amide bonds. The van der Waals surface area contributed by atoms with Crippen LogP contribution in [0.3, 0.4) is 0 Å².